The Morgan fingerprint density at radius 3 is 0.782 bits per heavy atom. The Kier molecular flexibility index (Phi) is 62.7. The highest BCUT2D eigenvalue weighted by molar-refractivity contribution is 5.71. The zero-order chi connectivity index (χ0) is 56.4. The molecular formula is C72H124O6. The summed E-state index contributed by atoms with van der Waals surface area (Å²) in [6.07, 6.45) is 88.5. The van der Waals surface area contributed by atoms with Crippen molar-refractivity contribution < 1.29 is 28.6 Å². The second-order valence-electron chi connectivity index (χ2n) is 22.0. The van der Waals surface area contributed by atoms with Gasteiger partial charge in [0, 0.05) is 19.3 Å². The summed E-state index contributed by atoms with van der Waals surface area (Å²) in [5.74, 6) is -0.879. The summed E-state index contributed by atoms with van der Waals surface area (Å²) in [5, 5.41) is 0. The minimum atomic E-state index is -0.781. The number of allylic oxidation sites excluding steroid dienone is 16. The van der Waals surface area contributed by atoms with Crippen LogP contribution in [0.25, 0.3) is 0 Å². The van der Waals surface area contributed by atoms with Gasteiger partial charge in [0.1, 0.15) is 13.2 Å². The van der Waals surface area contributed by atoms with E-state index in [2.05, 4.69) is 118 Å². The zero-order valence-electron chi connectivity index (χ0n) is 51.4. The van der Waals surface area contributed by atoms with Crippen molar-refractivity contribution in [1.82, 2.24) is 0 Å². The van der Waals surface area contributed by atoms with Crippen molar-refractivity contribution in [2.75, 3.05) is 13.2 Å². The molecule has 0 N–H and O–H groups in total. The third kappa shape index (κ3) is 63.2. The first-order chi connectivity index (χ1) is 38.5. The molecule has 0 aliphatic heterocycles. The third-order valence-corrected chi connectivity index (χ3v) is 14.4. The fraction of sp³-hybridized carbons (Fsp3) is 0.736. The van der Waals surface area contributed by atoms with E-state index >= 15 is 0 Å². The second kappa shape index (κ2) is 65.8. The molecule has 0 radical (unpaired) electrons. The lowest BCUT2D eigenvalue weighted by Crippen LogP contribution is -2.30. The Bertz CT molecular complexity index is 1530. The van der Waals surface area contributed by atoms with Crippen molar-refractivity contribution in [2.24, 2.45) is 0 Å². The number of esters is 3. The first kappa shape index (κ1) is 74.3. The number of hydrogen-bond acceptors (Lipinski definition) is 6. The van der Waals surface area contributed by atoms with E-state index in [9.17, 15) is 14.4 Å². The highest BCUT2D eigenvalue weighted by Gasteiger charge is 2.19. The SMILES string of the molecule is CC/C=C\C/C=C\C/C=C\C/C=C\C/C=C\C/C=C\C/C=C\C/C=C\CCCCCCCCC(=O)OCC(COC(=O)CCCCCCCCCCCCC)OC(=O)CCCCCCCCCCCCCCCCCCCC. The van der Waals surface area contributed by atoms with Gasteiger partial charge >= 0.3 is 17.9 Å². The number of carbonyl (C=O) groups is 3. The van der Waals surface area contributed by atoms with E-state index in [-0.39, 0.29) is 31.1 Å². The molecular weight excluding hydrogens is 961 g/mol. The zero-order valence-corrected chi connectivity index (χ0v) is 51.4. The predicted molar refractivity (Wildman–Crippen MR) is 339 cm³/mol. The Hall–Kier alpha value is -3.67. The summed E-state index contributed by atoms with van der Waals surface area (Å²) in [5.41, 5.74) is 0. The van der Waals surface area contributed by atoms with Crippen molar-refractivity contribution in [3.05, 3.63) is 97.2 Å². The molecule has 0 spiro atoms. The van der Waals surface area contributed by atoms with Crippen LogP contribution in [0, 0.1) is 0 Å². The molecule has 6 heteroatoms. The van der Waals surface area contributed by atoms with Gasteiger partial charge in [-0.1, -0.05) is 317 Å². The van der Waals surface area contributed by atoms with E-state index in [1.54, 1.807) is 0 Å². The van der Waals surface area contributed by atoms with Crippen LogP contribution in [0.3, 0.4) is 0 Å². The van der Waals surface area contributed by atoms with Crippen molar-refractivity contribution in [1.29, 1.82) is 0 Å². The molecule has 0 aromatic rings. The van der Waals surface area contributed by atoms with Crippen molar-refractivity contribution in [3.63, 3.8) is 0 Å². The number of unbranched alkanes of at least 4 members (excludes halogenated alkanes) is 33. The molecule has 448 valence electrons. The molecule has 0 fully saturated rings. The van der Waals surface area contributed by atoms with E-state index in [1.165, 1.54) is 161 Å². The van der Waals surface area contributed by atoms with Gasteiger partial charge in [0.2, 0.25) is 0 Å². The lowest BCUT2D eigenvalue weighted by molar-refractivity contribution is -0.167. The van der Waals surface area contributed by atoms with Crippen LogP contribution in [0.5, 0.6) is 0 Å². The average molecular weight is 1090 g/mol. The number of rotatable bonds is 60. The van der Waals surface area contributed by atoms with Gasteiger partial charge in [-0.2, -0.15) is 0 Å². The first-order valence-electron chi connectivity index (χ1n) is 33.2. The van der Waals surface area contributed by atoms with Gasteiger partial charge in [0.15, 0.2) is 6.10 Å². The van der Waals surface area contributed by atoms with E-state index < -0.39 is 6.10 Å². The predicted octanol–water partition coefficient (Wildman–Crippen LogP) is 22.8. The Labute approximate surface area is 483 Å². The maximum absolute atomic E-state index is 12.9. The standard InChI is InChI=1S/C72H124O6/c1-4-7-10-13-16-19-22-24-26-28-30-31-32-33-34-35-36-37-38-39-40-41-42-44-45-47-50-53-56-59-62-65-71(74)77-68-69(67-76-70(73)64-61-58-55-52-49-21-18-15-12-9-6-3)78-72(75)66-63-60-57-54-51-48-46-43-29-27-25-23-20-17-14-11-8-5-2/h7,10,16,19,24,26,30-31,33-34,36-37,39-40,42,44,69H,4-6,8-9,11-15,17-18,20-23,25,27-29,32,35,38,41,43,45-68H2,1-3H3/b10-7-,19-16-,26-24-,31-30-,34-33-,37-36-,40-39-,44-42-. The Morgan fingerprint density at radius 1 is 0.269 bits per heavy atom. The summed E-state index contributed by atoms with van der Waals surface area (Å²) in [7, 11) is 0. The molecule has 0 aliphatic carbocycles. The van der Waals surface area contributed by atoms with Gasteiger partial charge in [0.05, 0.1) is 0 Å². The van der Waals surface area contributed by atoms with Crippen LogP contribution in [-0.4, -0.2) is 37.2 Å². The molecule has 0 aromatic carbocycles. The van der Waals surface area contributed by atoms with Gasteiger partial charge in [-0.25, -0.2) is 0 Å². The van der Waals surface area contributed by atoms with Crippen LogP contribution in [-0.2, 0) is 28.6 Å². The molecule has 0 saturated heterocycles. The van der Waals surface area contributed by atoms with E-state index in [0.29, 0.717) is 19.3 Å². The summed E-state index contributed by atoms with van der Waals surface area (Å²) >= 11 is 0. The second-order valence-corrected chi connectivity index (χ2v) is 22.0. The molecule has 6 nitrogen and oxygen atoms in total. The Morgan fingerprint density at radius 2 is 0.500 bits per heavy atom. The molecule has 0 amide bonds. The van der Waals surface area contributed by atoms with E-state index in [4.69, 9.17) is 14.2 Å². The average Bonchev–Trinajstić information content (AvgIpc) is 3.44. The number of ether oxygens (including phenoxy) is 3. The van der Waals surface area contributed by atoms with E-state index in [1.807, 2.05) is 0 Å². The lowest BCUT2D eigenvalue weighted by atomic mass is 10.0. The highest BCUT2D eigenvalue weighted by atomic mass is 16.6. The van der Waals surface area contributed by atoms with Crippen LogP contribution in [0.1, 0.15) is 323 Å². The maximum Gasteiger partial charge on any atom is 0.306 e. The largest absolute Gasteiger partial charge is 0.462 e. The van der Waals surface area contributed by atoms with Crippen molar-refractivity contribution >= 4 is 17.9 Å². The molecule has 0 aromatic heterocycles. The maximum atomic E-state index is 12.9. The van der Waals surface area contributed by atoms with Crippen LogP contribution in [0.15, 0.2) is 97.2 Å². The van der Waals surface area contributed by atoms with Crippen LogP contribution >= 0.6 is 0 Å². The van der Waals surface area contributed by atoms with Crippen LogP contribution in [0.2, 0.25) is 0 Å². The van der Waals surface area contributed by atoms with Crippen LogP contribution < -0.4 is 0 Å². The number of carbonyl (C=O) groups excluding carboxylic acids is 3. The topological polar surface area (TPSA) is 78.9 Å². The number of hydrogen-bond donors (Lipinski definition) is 0. The van der Waals surface area contributed by atoms with Gasteiger partial charge in [-0.15, -0.1) is 0 Å². The smallest absolute Gasteiger partial charge is 0.306 e. The lowest BCUT2D eigenvalue weighted by Gasteiger charge is -2.18. The summed E-state index contributed by atoms with van der Waals surface area (Å²) < 4.78 is 16.9. The van der Waals surface area contributed by atoms with Gasteiger partial charge in [0.25, 0.3) is 0 Å². The summed E-state index contributed by atoms with van der Waals surface area (Å²) in [6.45, 7) is 6.54. The molecule has 0 heterocycles. The fourth-order valence-electron chi connectivity index (χ4n) is 9.40. The Balaban J connectivity index is 4.27. The molecule has 0 aliphatic rings. The molecule has 0 rings (SSSR count). The fourth-order valence-corrected chi connectivity index (χ4v) is 9.40. The van der Waals surface area contributed by atoms with Gasteiger partial charge in [-0.3, -0.25) is 14.4 Å². The minimum Gasteiger partial charge on any atom is -0.462 e. The van der Waals surface area contributed by atoms with Gasteiger partial charge < -0.3 is 14.2 Å². The van der Waals surface area contributed by atoms with E-state index in [0.717, 1.165) is 122 Å². The molecule has 1 atom stereocenters. The molecule has 78 heavy (non-hydrogen) atoms. The van der Waals surface area contributed by atoms with Crippen molar-refractivity contribution in [2.45, 2.75) is 329 Å². The summed E-state index contributed by atoms with van der Waals surface area (Å²) in [6, 6.07) is 0. The summed E-state index contributed by atoms with van der Waals surface area (Å²) in [4.78, 5) is 38.3. The first-order valence-corrected chi connectivity index (χ1v) is 33.2. The molecule has 0 bridgehead atoms. The van der Waals surface area contributed by atoms with Crippen molar-refractivity contribution in [3.8, 4) is 0 Å². The third-order valence-electron chi connectivity index (χ3n) is 14.4. The normalized spacial score (nSPS) is 12.7. The molecule has 1 unspecified atom stereocenters. The quantitative estimate of drug-likeness (QED) is 0.0261. The minimum absolute atomic E-state index is 0.0774. The monoisotopic (exact) mass is 1080 g/mol. The highest BCUT2D eigenvalue weighted by Crippen LogP contribution is 2.17. The van der Waals surface area contributed by atoms with Crippen LogP contribution in [0.4, 0.5) is 0 Å². The van der Waals surface area contributed by atoms with Gasteiger partial charge in [-0.05, 0) is 83.5 Å². The molecule has 0 saturated carbocycles.